The molecule has 0 saturated heterocycles. The molecule has 5 nitrogen and oxygen atoms in total. The lowest BCUT2D eigenvalue weighted by Gasteiger charge is -2.13. The number of aromatic amines is 1. The van der Waals surface area contributed by atoms with Crippen LogP contribution in [-0.4, -0.2) is 19.5 Å². The van der Waals surface area contributed by atoms with Crippen molar-refractivity contribution in [2.45, 2.75) is 0 Å². The minimum atomic E-state index is -0.102. The summed E-state index contributed by atoms with van der Waals surface area (Å²) >= 11 is 0. The van der Waals surface area contributed by atoms with Gasteiger partial charge in [0.15, 0.2) is 0 Å². The molecule has 7 aromatic carbocycles. The fourth-order valence-corrected chi connectivity index (χ4v) is 7.25. The number of aromatic nitrogens is 4. The van der Waals surface area contributed by atoms with Crippen LogP contribution in [-0.2, 0) is 0 Å². The first-order valence-electron chi connectivity index (χ1n) is 15.4. The van der Waals surface area contributed by atoms with E-state index in [9.17, 15) is 4.79 Å². The van der Waals surface area contributed by atoms with Gasteiger partial charge in [-0.25, -0.2) is 9.97 Å². The second kappa shape index (κ2) is 9.34. The van der Waals surface area contributed by atoms with E-state index in [4.69, 9.17) is 9.97 Å². The predicted molar refractivity (Wildman–Crippen MR) is 190 cm³/mol. The standard InChI is InChI=1S/C41H24N4O/c46-40-30-17-9-8-16-29(30)32-22-33-36(23-34(32)42-40)45(35-21-19-24-10-4-6-14-27(24)37(33)35)41-43-38(26-12-2-1-3-13-26)31-20-18-25-11-5-7-15-28(25)39(31)44-41/h1-23H,(H,42,46). The van der Waals surface area contributed by atoms with Gasteiger partial charge >= 0.3 is 0 Å². The van der Waals surface area contributed by atoms with Crippen molar-refractivity contribution in [2.75, 3.05) is 0 Å². The highest BCUT2D eigenvalue weighted by Gasteiger charge is 2.21. The smallest absolute Gasteiger partial charge is 0.256 e. The van der Waals surface area contributed by atoms with Gasteiger partial charge in [-0.2, -0.15) is 0 Å². The maximum Gasteiger partial charge on any atom is 0.256 e. The Morgan fingerprint density at radius 1 is 0.500 bits per heavy atom. The van der Waals surface area contributed by atoms with Crippen molar-refractivity contribution in [3.05, 3.63) is 150 Å². The summed E-state index contributed by atoms with van der Waals surface area (Å²) < 4.78 is 2.16. The Labute approximate surface area is 262 Å². The van der Waals surface area contributed by atoms with Gasteiger partial charge in [-0.1, -0.05) is 109 Å². The van der Waals surface area contributed by atoms with Crippen LogP contribution in [0.15, 0.2) is 144 Å². The van der Waals surface area contributed by atoms with Crippen LogP contribution in [0.5, 0.6) is 0 Å². The molecule has 3 heterocycles. The van der Waals surface area contributed by atoms with Crippen LogP contribution >= 0.6 is 0 Å². The maximum absolute atomic E-state index is 13.2. The Kier molecular flexibility index (Phi) is 5.08. The van der Waals surface area contributed by atoms with E-state index < -0.39 is 0 Å². The molecule has 0 atom stereocenters. The van der Waals surface area contributed by atoms with Gasteiger partial charge in [0, 0.05) is 37.9 Å². The third kappa shape index (κ3) is 3.48. The molecule has 0 aliphatic rings. The molecule has 3 aromatic heterocycles. The molecule has 0 saturated carbocycles. The Hall–Kier alpha value is -6.33. The lowest BCUT2D eigenvalue weighted by atomic mass is 10.0. The number of hydrogen-bond acceptors (Lipinski definition) is 3. The molecule has 0 bridgehead atoms. The van der Waals surface area contributed by atoms with Gasteiger partial charge in [-0.05, 0) is 51.9 Å². The highest BCUT2D eigenvalue weighted by atomic mass is 16.1. The third-order valence-electron chi connectivity index (χ3n) is 9.33. The van der Waals surface area contributed by atoms with E-state index in [0.717, 1.165) is 81.8 Å². The van der Waals surface area contributed by atoms with Crippen molar-refractivity contribution in [1.82, 2.24) is 19.5 Å². The van der Waals surface area contributed by atoms with Crippen molar-refractivity contribution in [3.63, 3.8) is 0 Å². The summed E-state index contributed by atoms with van der Waals surface area (Å²) in [6.45, 7) is 0. The van der Waals surface area contributed by atoms with E-state index in [1.54, 1.807) is 0 Å². The van der Waals surface area contributed by atoms with Crippen LogP contribution in [0.1, 0.15) is 0 Å². The number of H-pyrrole nitrogens is 1. The summed E-state index contributed by atoms with van der Waals surface area (Å²) in [5.74, 6) is 0.584. The molecule has 10 aromatic rings. The van der Waals surface area contributed by atoms with E-state index in [2.05, 4.69) is 107 Å². The fraction of sp³-hybridized carbons (Fsp3) is 0. The second-order valence-electron chi connectivity index (χ2n) is 11.9. The molecule has 46 heavy (non-hydrogen) atoms. The quantitative estimate of drug-likeness (QED) is 0.205. The zero-order chi connectivity index (χ0) is 30.4. The van der Waals surface area contributed by atoms with Gasteiger partial charge in [-0.15, -0.1) is 0 Å². The van der Waals surface area contributed by atoms with E-state index in [-0.39, 0.29) is 5.56 Å². The first kappa shape index (κ1) is 25.0. The number of pyridine rings is 1. The van der Waals surface area contributed by atoms with Crippen LogP contribution < -0.4 is 5.56 Å². The second-order valence-corrected chi connectivity index (χ2v) is 11.9. The van der Waals surface area contributed by atoms with E-state index in [1.807, 2.05) is 42.5 Å². The molecule has 5 heteroatoms. The SMILES string of the molecule is O=c1[nH]c2cc3c(cc2c2ccccc12)c1c2ccccc2ccc1n3-c1nc(-c2ccccc2)c2ccc3ccccc3c2n1. The van der Waals surface area contributed by atoms with Crippen LogP contribution in [0.2, 0.25) is 0 Å². The highest BCUT2D eigenvalue weighted by Crippen LogP contribution is 2.40. The summed E-state index contributed by atoms with van der Waals surface area (Å²) in [6.07, 6.45) is 0. The molecular formula is C41H24N4O. The molecular weight excluding hydrogens is 564 g/mol. The summed E-state index contributed by atoms with van der Waals surface area (Å²) in [6, 6.07) is 47.9. The predicted octanol–water partition coefficient (Wildman–Crippen LogP) is 9.69. The molecule has 0 aliphatic heterocycles. The number of nitrogens with one attached hydrogen (secondary N) is 1. The van der Waals surface area contributed by atoms with Crippen LogP contribution in [0.4, 0.5) is 0 Å². The van der Waals surface area contributed by atoms with Crippen molar-refractivity contribution in [3.8, 4) is 17.2 Å². The Morgan fingerprint density at radius 3 is 2.00 bits per heavy atom. The third-order valence-corrected chi connectivity index (χ3v) is 9.33. The van der Waals surface area contributed by atoms with Gasteiger partial charge < -0.3 is 4.98 Å². The number of fused-ring (bicyclic) bond motifs is 11. The molecule has 0 unspecified atom stereocenters. The highest BCUT2D eigenvalue weighted by molar-refractivity contribution is 6.24. The minimum absolute atomic E-state index is 0.102. The lowest BCUT2D eigenvalue weighted by molar-refractivity contribution is 1.02. The first-order chi connectivity index (χ1) is 22.7. The van der Waals surface area contributed by atoms with Crippen molar-refractivity contribution in [1.29, 1.82) is 0 Å². The zero-order valence-corrected chi connectivity index (χ0v) is 24.5. The van der Waals surface area contributed by atoms with Crippen LogP contribution in [0, 0.1) is 0 Å². The number of benzene rings is 7. The Balaban J connectivity index is 1.42. The topological polar surface area (TPSA) is 63.6 Å². The summed E-state index contributed by atoms with van der Waals surface area (Å²) in [5.41, 5.74) is 5.42. The molecule has 1 N–H and O–H groups in total. The van der Waals surface area contributed by atoms with Crippen molar-refractivity contribution >= 4 is 75.9 Å². The molecule has 0 fully saturated rings. The van der Waals surface area contributed by atoms with Crippen molar-refractivity contribution < 1.29 is 0 Å². The van der Waals surface area contributed by atoms with Crippen LogP contribution in [0.3, 0.4) is 0 Å². The molecule has 10 rings (SSSR count). The summed E-state index contributed by atoms with van der Waals surface area (Å²) in [4.78, 5) is 27.1. The number of hydrogen-bond donors (Lipinski definition) is 1. The number of nitrogens with zero attached hydrogens (tertiary/aromatic N) is 3. The van der Waals surface area contributed by atoms with Gasteiger partial charge in [0.25, 0.3) is 5.56 Å². The largest absolute Gasteiger partial charge is 0.321 e. The summed E-state index contributed by atoms with van der Waals surface area (Å²) in [7, 11) is 0. The number of rotatable bonds is 2. The maximum atomic E-state index is 13.2. The van der Waals surface area contributed by atoms with Gasteiger partial charge in [-0.3, -0.25) is 9.36 Å². The minimum Gasteiger partial charge on any atom is -0.321 e. The summed E-state index contributed by atoms with van der Waals surface area (Å²) in [5, 5.41) is 10.4. The normalized spacial score (nSPS) is 12.0. The first-order valence-corrected chi connectivity index (χ1v) is 15.4. The fourth-order valence-electron chi connectivity index (χ4n) is 7.25. The van der Waals surface area contributed by atoms with Crippen molar-refractivity contribution in [2.24, 2.45) is 0 Å². The van der Waals surface area contributed by atoms with E-state index >= 15 is 0 Å². The molecule has 0 spiro atoms. The van der Waals surface area contributed by atoms with Gasteiger partial charge in [0.1, 0.15) is 0 Å². The molecule has 0 amide bonds. The average Bonchev–Trinajstić information content (AvgIpc) is 3.44. The molecule has 214 valence electrons. The molecule has 0 radical (unpaired) electrons. The zero-order valence-electron chi connectivity index (χ0n) is 24.5. The van der Waals surface area contributed by atoms with Gasteiger partial charge in [0.2, 0.25) is 5.95 Å². The van der Waals surface area contributed by atoms with E-state index in [0.29, 0.717) is 11.3 Å². The monoisotopic (exact) mass is 588 g/mol. The molecule has 0 aliphatic carbocycles. The van der Waals surface area contributed by atoms with Crippen LogP contribution in [0.25, 0.3) is 93.1 Å². The average molecular weight is 589 g/mol. The Bertz CT molecular complexity index is 2940. The Morgan fingerprint density at radius 2 is 1.17 bits per heavy atom. The van der Waals surface area contributed by atoms with Gasteiger partial charge in [0.05, 0.1) is 27.8 Å². The lowest BCUT2D eigenvalue weighted by Crippen LogP contribution is -2.06. The van der Waals surface area contributed by atoms with E-state index in [1.165, 1.54) is 0 Å².